The molecular formula is C8H15Sn+3. The Morgan fingerprint density at radius 3 is 1.78 bits per heavy atom. The van der Waals surface area contributed by atoms with Crippen molar-refractivity contribution in [3.05, 3.63) is 0 Å². The third kappa shape index (κ3) is 3.49. The van der Waals surface area contributed by atoms with Crippen molar-refractivity contribution in [3.8, 4) is 0 Å². The van der Waals surface area contributed by atoms with Crippen molar-refractivity contribution >= 4 is 22.5 Å². The van der Waals surface area contributed by atoms with Gasteiger partial charge >= 0.3 is 71.4 Å². The van der Waals surface area contributed by atoms with Gasteiger partial charge in [-0.3, -0.25) is 0 Å². The van der Waals surface area contributed by atoms with Gasteiger partial charge in [0.05, 0.1) is 0 Å². The molecule has 0 radical (unpaired) electrons. The second-order valence-corrected chi connectivity index (χ2v) is 5.37. The van der Waals surface area contributed by atoms with Crippen LogP contribution in [-0.4, -0.2) is 22.5 Å². The molecule has 0 amide bonds. The molecule has 0 spiro atoms. The van der Waals surface area contributed by atoms with Gasteiger partial charge in [0.2, 0.25) is 0 Å². The first-order chi connectivity index (χ1) is 4.39. The molecule has 0 saturated heterocycles. The zero-order valence-electron chi connectivity index (χ0n) is 6.03. The van der Waals surface area contributed by atoms with Crippen LogP contribution in [0.4, 0.5) is 0 Å². The van der Waals surface area contributed by atoms with Crippen molar-refractivity contribution in [2.24, 2.45) is 0 Å². The van der Waals surface area contributed by atoms with Crippen LogP contribution in [-0.2, 0) is 0 Å². The molecule has 1 saturated carbocycles. The summed E-state index contributed by atoms with van der Waals surface area (Å²) in [6.45, 7) is 0. The van der Waals surface area contributed by atoms with Crippen LogP contribution >= 0.6 is 0 Å². The molecule has 1 fully saturated rings. The van der Waals surface area contributed by atoms with E-state index >= 15 is 0 Å². The number of hydrogen-bond donors (Lipinski definition) is 0. The van der Waals surface area contributed by atoms with Crippen LogP contribution in [0.1, 0.15) is 44.9 Å². The van der Waals surface area contributed by atoms with E-state index in [1.54, 1.807) is 22.5 Å². The van der Waals surface area contributed by atoms with E-state index < -0.39 is 0 Å². The first-order valence-electron chi connectivity index (χ1n) is 4.11. The predicted molar refractivity (Wildman–Crippen MR) is 41.8 cm³/mol. The van der Waals surface area contributed by atoms with E-state index in [-0.39, 0.29) is 0 Å². The maximum absolute atomic E-state index is 1.78. The minimum absolute atomic E-state index is 1.11. The average Bonchev–Trinajstić information content (AvgIpc) is 1.79. The molecule has 0 N–H and O–H groups in total. The molecule has 48 valence electrons. The SMILES string of the molecule is [Sn+3][CH]1CCCCCCC1. The van der Waals surface area contributed by atoms with Gasteiger partial charge in [-0.1, -0.05) is 0 Å². The van der Waals surface area contributed by atoms with E-state index in [9.17, 15) is 0 Å². The fraction of sp³-hybridized carbons (Fsp3) is 1.00. The molecular weight excluding hydrogens is 215 g/mol. The number of rotatable bonds is 0. The van der Waals surface area contributed by atoms with Crippen LogP contribution in [0.5, 0.6) is 0 Å². The van der Waals surface area contributed by atoms with Gasteiger partial charge in [0.15, 0.2) is 0 Å². The van der Waals surface area contributed by atoms with Crippen molar-refractivity contribution in [1.29, 1.82) is 0 Å². The molecule has 9 heavy (non-hydrogen) atoms. The number of hydrogen-bond acceptors (Lipinski definition) is 0. The minimum atomic E-state index is 1.11. The molecule has 1 rings (SSSR count). The normalized spacial score (nSPS) is 25.1. The zero-order chi connectivity index (χ0) is 6.53. The Balaban J connectivity index is 2.12. The van der Waals surface area contributed by atoms with Gasteiger partial charge in [0.1, 0.15) is 0 Å². The van der Waals surface area contributed by atoms with Gasteiger partial charge in [-0.15, -0.1) is 0 Å². The summed E-state index contributed by atoms with van der Waals surface area (Å²) in [5.41, 5.74) is 0. The summed E-state index contributed by atoms with van der Waals surface area (Å²) in [6.07, 6.45) is 10.6. The fourth-order valence-electron chi connectivity index (χ4n) is 1.46. The Kier molecular flexibility index (Phi) is 4.03. The second kappa shape index (κ2) is 4.59. The first kappa shape index (κ1) is 7.90. The third-order valence-electron chi connectivity index (χ3n) is 2.11. The van der Waals surface area contributed by atoms with E-state index in [4.69, 9.17) is 0 Å². The van der Waals surface area contributed by atoms with Gasteiger partial charge in [-0.25, -0.2) is 0 Å². The van der Waals surface area contributed by atoms with Gasteiger partial charge < -0.3 is 0 Å². The Labute approximate surface area is 71.5 Å². The van der Waals surface area contributed by atoms with E-state index in [1.165, 1.54) is 44.9 Å². The quantitative estimate of drug-likeness (QED) is 0.561. The summed E-state index contributed by atoms with van der Waals surface area (Å²) in [5.74, 6) is 0. The molecule has 0 heterocycles. The Morgan fingerprint density at radius 2 is 1.22 bits per heavy atom. The van der Waals surface area contributed by atoms with Crippen molar-refractivity contribution in [2.45, 2.75) is 48.9 Å². The molecule has 0 nitrogen and oxygen atoms in total. The Morgan fingerprint density at radius 1 is 0.778 bits per heavy atom. The van der Waals surface area contributed by atoms with E-state index in [0.29, 0.717) is 0 Å². The molecule has 0 aromatic rings. The summed E-state index contributed by atoms with van der Waals surface area (Å²) in [5, 5.41) is 0. The standard InChI is InChI=1S/C8H15.Sn/c1-2-4-6-8-7-5-3-1;/h1H,2-8H2;/q;+3. The molecule has 0 aromatic carbocycles. The Bertz CT molecular complexity index is 63.0. The van der Waals surface area contributed by atoms with Crippen LogP contribution in [0, 0.1) is 0 Å². The molecule has 0 atom stereocenters. The average molecular weight is 230 g/mol. The zero-order valence-corrected chi connectivity index (χ0v) is 8.88. The molecule has 0 aliphatic heterocycles. The molecule has 0 unspecified atom stereocenters. The summed E-state index contributed by atoms with van der Waals surface area (Å²) in [6, 6.07) is 0. The fourth-order valence-corrected chi connectivity index (χ4v) is 2.62. The van der Waals surface area contributed by atoms with Crippen LogP contribution in [0.2, 0.25) is 3.93 Å². The summed E-state index contributed by atoms with van der Waals surface area (Å²) >= 11 is 1.78. The van der Waals surface area contributed by atoms with E-state index in [0.717, 1.165) is 3.93 Å². The molecule has 0 aromatic heterocycles. The van der Waals surface area contributed by atoms with Gasteiger partial charge in [0, 0.05) is 0 Å². The van der Waals surface area contributed by atoms with Gasteiger partial charge in [0.25, 0.3) is 0 Å². The molecule has 1 aliphatic rings. The Hall–Kier alpha value is 0.799. The predicted octanol–water partition coefficient (Wildman–Crippen LogP) is 2.69. The summed E-state index contributed by atoms with van der Waals surface area (Å²) in [7, 11) is 0. The summed E-state index contributed by atoms with van der Waals surface area (Å²) in [4.78, 5) is 0. The second-order valence-electron chi connectivity index (χ2n) is 3.04. The first-order valence-corrected chi connectivity index (χ1v) is 5.75. The van der Waals surface area contributed by atoms with Crippen LogP contribution in [0.25, 0.3) is 0 Å². The van der Waals surface area contributed by atoms with Gasteiger partial charge in [-0.05, 0) is 0 Å². The molecule has 0 bridgehead atoms. The van der Waals surface area contributed by atoms with Crippen LogP contribution in [0.15, 0.2) is 0 Å². The summed E-state index contributed by atoms with van der Waals surface area (Å²) < 4.78 is 1.11. The third-order valence-corrected chi connectivity index (χ3v) is 3.75. The van der Waals surface area contributed by atoms with E-state index in [1.807, 2.05) is 0 Å². The topological polar surface area (TPSA) is 0 Å². The maximum atomic E-state index is 1.78. The van der Waals surface area contributed by atoms with E-state index in [2.05, 4.69) is 0 Å². The van der Waals surface area contributed by atoms with Crippen LogP contribution < -0.4 is 0 Å². The molecule has 1 aliphatic carbocycles. The van der Waals surface area contributed by atoms with Crippen molar-refractivity contribution in [3.63, 3.8) is 0 Å². The monoisotopic (exact) mass is 231 g/mol. The van der Waals surface area contributed by atoms with Gasteiger partial charge in [-0.2, -0.15) is 0 Å². The van der Waals surface area contributed by atoms with Crippen molar-refractivity contribution in [2.75, 3.05) is 0 Å². The van der Waals surface area contributed by atoms with Crippen LogP contribution in [0.3, 0.4) is 0 Å². The van der Waals surface area contributed by atoms with Crippen molar-refractivity contribution < 1.29 is 0 Å². The van der Waals surface area contributed by atoms with Crippen molar-refractivity contribution in [1.82, 2.24) is 0 Å². The molecule has 1 heteroatoms.